The molecule has 124 valence electrons. The summed E-state index contributed by atoms with van der Waals surface area (Å²) in [7, 11) is 1.81. The quantitative estimate of drug-likeness (QED) is 0.704. The Morgan fingerprint density at radius 3 is 2.71 bits per heavy atom. The molecule has 8 heteroatoms. The van der Waals surface area contributed by atoms with Gasteiger partial charge in [-0.3, -0.25) is 9.48 Å². The number of rotatable bonds is 2. The topological polar surface area (TPSA) is 54.3 Å². The fraction of sp³-hybridized carbons (Fsp3) is 0.312. The van der Waals surface area contributed by atoms with Gasteiger partial charge >= 0.3 is 0 Å². The number of piperazine rings is 1. The molecule has 4 rings (SSSR count). The van der Waals surface area contributed by atoms with Gasteiger partial charge in [0.1, 0.15) is 5.52 Å². The van der Waals surface area contributed by atoms with Crippen LogP contribution in [0.25, 0.3) is 10.2 Å². The maximum Gasteiger partial charge on any atom is 0.257 e. The molecule has 1 aliphatic heterocycles. The molecule has 1 amide bonds. The highest BCUT2D eigenvalue weighted by Crippen LogP contribution is 2.33. The number of fused-ring (bicyclic) bond motifs is 1. The Labute approximate surface area is 148 Å². The first-order valence-electron chi connectivity index (χ1n) is 7.70. The Bertz CT molecular complexity index is 897. The monoisotopic (exact) mass is 361 g/mol. The Morgan fingerprint density at radius 2 is 2.04 bits per heavy atom. The number of amides is 1. The SMILES string of the molecule is Cn1cc(C(=O)N2CCN(c3nc4c(Cl)cccc4s3)CC2)cn1. The first-order valence-corrected chi connectivity index (χ1v) is 8.89. The highest BCUT2D eigenvalue weighted by molar-refractivity contribution is 7.22. The molecule has 1 aromatic carbocycles. The molecule has 0 aliphatic carbocycles. The zero-order chi connectivity index (χ0) is 16.7. The molecule has 0 radical (unpaired) electrons. The van der Waals surface area contributed by atoms with Crippen molar-refractivity contribution in [3.63, 3.8) is 0 Å². The summed E-state index contributed by atoms with van der Waals surface area (Å²) >= 11 is 7.85. The summed E-state index contributed by atoms with van der Waals surface area (Å²) in [4.78, 5) is 21.2. The smallest absolute Gasteiger partial charge is 0.257 e. The van der Waals surface area contributed by atoms with E-state index in [2.05, 4.69) is 15.0 Å². The molecule has 3 heterocycles. The van der Waals surface area contributed by atoms with Gasteiger partial charge in [0.2, 0.25) is 0 Å². The molecule has 0 unspecified atom stereocenters. The van der Waals surface area contributed by atoms with Crippen LogP contribution in [0.5, 0.6) is 0 Å². The molecule has 0 saturated carbocycles. The third-order valence-corrected chi connectivity index (χ3v) is 5.53. The second kappa shape index (κ2) is 6.07. The second-order valence-corrected chi connectivity index (χ2v) is 7.18. The number of anilines is 1. The second-order valence-electron chi connectivity index (χ2n) is 5.76. The van der Waals surface area contributed by atoms with Gasteiger partial charge in [-0.25, -0.2) is 4.98 Å². The van der Waals surface area contributed by atoms with Crippen LogP contribution in [0.2, 0.25) is 5.02 Å². The first kappa shape index (κ1) is 15.4. The zero-order valence-corrected chi connectivity index (χ0v) is 14.7. The van der Waals surface area contributed by atoms with Gasteiger partial charge in [0.15, 0.2) is 5.13 Å². The van der Waals surface area contributed by atoms with Crippen LogP contribution in [-0.4, -0.2) is 51.8 Å². The molecular formula is C16H16ClN5OS. The van der Waals surface area contributed by atoms with Gasteiger partial charge in [-0.05, 0) is 12.1 Å². The molecular weight excluding hydrogens is 346 g/mol. The van der Waals surface area contributed by atoms with E-state index in [1.54, 1.807) is 28.4 Å². The number of para-hydroxylation sites is 1. The fourth-order valence-electron chi connectivity index (χ4n) is 2.85. The van der Waals surface area contributed by atoms with Gasteiger partial charge < -0.3 is 9.80 Å². The lowest BCUT2D eigenvalue weighted by Gasteiger charge is -2.34. The summed E-state index contributed by atoms with van der Waals surface area (Å²) < 4.78 is 2.74. The number of hydrogen-bond acceptors (Lipinski definition) is 5. The highest BCUT2D eigenvalue weighted by Gasteiger charge is 2.24. The number of aryl methyl sites for hydroxylation is 1. The van der Waals surface area contributed by atoms with E-state index in [1.807, 2.05) is 30.1 Å². The molecule has 3 aromatic rings. The maximum atomic E-state index is 12.5. The molecule has 0 spiro atoms. The Morgan fingerprint density at radius 1 is 1.25 bits per heavy atom. The number of halogens is 1. The number of benzene rings is 1. The summed E-state index contributed by atoms with van der Waals surface area (Å²) in [6.45, 7) is 2.89. The van der Waals surface area contributed by atoms with Crippen LogP contribution in [0.4, 0.5) is 5.13 Å². The number of carbonyl (C=O) groups excluding carboxylic acids is 1. The Kier molecular flexibility index (Phi) is 3.90. The summed E-state index contributed by atoms with van der Waals surface area (Å²) in [6.07, 6.45) is 3.37. The van der Waals surface area contributed by atoms with Crippen LogP contribution in [0.3, 0.4) is 0 Å². The predicted octanol–water partition coefficient (Wildman–Crippen LogP) is 2.65. The third kappa shape index (κ3) is 2.74. The lowest BCUT2D eigenvalue weighted by Crippen LogP contribution is -2.48. The highest BCUT2D eigenvalue weighted by atomic mass is 35.5. The van der Waals surface area contributed by atoms with E-state index in [9.17, 15) is 4.79 Å². The van der Waals surface area contributed by atoms with Crippen LogP contribution in [0.15, 0.2) is 30.6 Å². The van der Waals surface area contributed by atoms with Crippen molar-refractivity contribution in [2.24, 2.45) is 7.05 Å². The minimum Gasteiger partial charge on any atom is -0.345 e. The van der Waals surface area contributed by atoms with Gasteiger partial charge in [-0.1, -0.05) is 29.0 Å². The van der Waals surface area contributed by atoms with Gasteiger partial charge in [-0.15, -0.1) is 0 Å². The standard InChI is InChI=1S/C16H16ClN5OS/c1-20-10-11(9-18-20)15(23)21-5-7-22(8-6-21)16-19-14-12(17)3-2-4-13(14)24-16/h2-4,9-10H,5-8H2,1H3. The van der Waals surface area contributed by atoms with E-state index in [1.165, 1.54) is 0 Å². The van der Waals surface area contributed by atoms with Crippen LogP contribution in [-0.2, 0) is 7.05 Å². The van der Waals surface area contributed by atoms with Gasteiger partial charge in [0.05, 0.1) is 21.5 Å². The molecule has 1 saturated heterocycles. The van der Waals surface area contributed by atoms with Crippen molar-refractivity contribution >= 4 is 44.2 Å². The van der Waals surface area contributed by atoms with Crippen LogP contribution in [0.1, 0.15) is 10.4 Å². The average Bonchev–Trinajstić information content (AvgIpc) is 3.21. The first-order chi connectivity index (χ1) is 11.6. The number of nitrogens with zero attached hydrogens (tertiary/aromatic N) is 5. The van der Waals surface area contributed by atoms with E-state index in [0.29, 0.717) is 23.7 Å². The summed E-state index contributed by atoms with van der Waals surface area (Å²) in [6, 6.07) is 5.83. The molecule has 24 heavy (non-hydrogen) atoms. The van der Waals surface area contributed by atoms with Gasteiger partial charge in [0.25, 0.3) is 5.91 Å². The van der Waals surface area contributed by atoms with E-state index in [4.69, 9.17) is 11.6 Å². The van der Waals surface area contributed by atoms with E-state index < -0.39 is 0 Å². The van der Waals surface area contributed by atoms with Crippen molar-refractivity contribution in [3.8, 4) is 0 Å². The number of aromatic nitrogens is 3. The minimum absolute atomic E-state index is 0.0371. The van der Waals surface area contributed by atoms with Crippen molar-refractivity contribution in [2.75, 3.05) is 31.1 Å². The maximum absolute atomic E-state index is 12.5. The molecule has 0 bridgehead atoms. The van der Waals surface area contributed by atoms with E-state index >= 15 is 0 Å². The minimum atomic E-state index is 0.0371. The lowest BCUT2D eigenvalue weighted by atomic mass is 10.2. The molecule has 2 aromatic heterocycles. The fourth-order valence-corrected chi connectivity index (χ4v) is 4.17. The van der Waals surface area contributed by atoms with Crippen molar-refractivity contribution in [3.05, 3.63) is 41.2 Å². The van der Waals surface area contributed by atoms with Gasteiger partial charge in [0, 0.05) is 39.4 Å². The van der Waals surface area contributed by atoms with Gasteiger partial charge in [-0.2, -0.15) is 5.10 Å². The molecule has 0 atom stereocenters. The summed E-state index contributed by atoms with van der Waals surface area (Å²) in [5.74, 6) is 0.0371. The predicted molar refractivity (Wildman–Crippen MR) is 96.0 cm³/mol. The Hall–Kier alpha value is -2.12. The third-order valence-electron chi connectivity index (χ3n) is 4.15. The van der Waals surface area contributed by atoms with Crippen LogP contribution >= 0.6 is 22.9 Å². The Balaban J connectivity index is 1.47. The average molecular weight is 362 g/mol. The van der Waals surface area contributed by atoms with E-state index in [-0.39, 0.29) is 5.91 Å². The normalized spacial score (nSPS) is 15.2. The number of thiazole rings is 1. The van der Waals surface area contributed by atoms with Crippen molar-refractivity contribution in [1.29, 1.82) is 0 Å². The largest absolute Gasteiger partial charge is 0.345 e. The molecule has 1 fully saturated rings. The number of hydrogen-bond donors (Lipinski definition) is 0. The number of carbonyl (C=O) groups is 1. The molecule has 1 aliphatic rings. The summed E-state index contributed by atoms with van der Waals surface area (Å²) in [5.41, 5.74) is 1.49. The lowest BCUT2D eigenvalue weighted by molar-refractivity contribution is 0.0746. The van der Waals surface area contributed by atoms with Crippen molar-refractivity contribution in [1.82, 2.24) is 19.7 Å². The van der Waals surface area contributed by atoms with Crippen molar-refractivity contribution < 1.29 is 4.79 Å². The summed E-state index contributed by atoms with van der Waals surface area (Å²) in [5, 5.41) is 5.71. The zero-order valence-electron chi connectivity index (χ0n) is 13.1. The molecule has 0 N–H and O–H groups in total. The van der Waals surface area contributed by atoms with E-state index in [0.717, 1.165) is 28.4 Å². The van der Waals surface area contributed by atoms with Crippen molar-refractivity contribution in [2.45, 2.75) is 0 Å². The van der Waals surface area contributed by atoms with Crippen LogP contribution in [0, 0.1) is 0 Å². The van der Waals surface area contributed by atoms with Crippen LogP contribution < -0.4 is 4.90 Å². The molecule has 6 nitrogen and oxygen atoms in total.